The van der Waals surface area contributed by atoms with E-state index >= 15 is 0 Å². The number of carbonyl (C=O) groups is 3. The van der Waals surface area contributed by atoms with E-state index in [1.54, 1.807) is 13.8 Å². The van der Waals surface area contributed by atoms with Gasteiger partial charge in [-0.05, 0) is 24.1 Å². The lowest BCUT2D eigenvalue weighted by Gasteiger charge is -2.21. The number of hydrogen-bond acceptors (Lipinski definition) is 4. The smallest absolute Gasteiger partial charge is 0.335 e. The molecule has 7 nitrogen and oxygen atoms in total. The van der Waals surface area contributed by atoms with Crippen LogP contribution in [0.25, 0.3) is 0 Å². The highest BCUT2D eigenvalue weighted by atomic mass is 16.4. The highest BCUT2D eigenvalue weighted by molar-refractivity contribution is 5.99. The summed E-state index contributed by atoms with van der Waals surface area (Å²) in [6.07, 6.45) is 0. The first kappa shape index (κ1) is 16.5. The fraction of sp³-hybridized carbons (Fsp3) is 0.357. The Hall–Kier alpha value is -2.57. The van der Waals surface area contributed by atoms with Gasteiger partial charge in [0.25, 0.3) is 0 Å². The van der Waals surface area contributed by atoms with Gasteiger partial charge in [0.1, 0.15) is 11.8 Å². The van der Waals surface area contributed by atoms with E-state index in [0.29, 0.717) is 0 Å². The van der Waals surface area contributed by atoms with Gasteiger partial charge >= 0.3 is 5.97 Å². The summed E-state index contributed by atoms with van der Waals surface area (Å²) in [5.74, 6) is -2.50. The van der Waals surface area contributed by atoms with Gasteiger partial charge in [-0.15, -0.1) is 0 Å². The number of rotatable bonds is 5. The minimum atomic E-state index is -1.18. The van der Waals surface area contributed by atoms with E-state index in [1.165, 1.54) is 19.1 Å². The minimum absolute atomic E-state index is 0.0843. The third-order valence-electron chi connectivity index (χ3n) is 2.81. The highest BCUT2D eigenvalue weighted by Gasteiger charge is 2.23. The molecule has 2 amide bonds. The molecular weight excluding hydrogens is 276 g/mol. The Morgan fingerprint density at radius 1 is 1.19 bits per heavy atom. The van der Waals surface area contributed by atoms with Crippen LogP contribution in [0.2, 0.25) is 0 Å². The Morgan fingerprint density at radius 3 is 2.24 bits per heavy atom. The Balaban J connectivity index is 2.91. The number of amides is 2. The number of aromatic hydroxyl groups is 1. The van der Waals surface area contributed by atoms with E-state index in [-0.39, 0.29) is 28.8 Å². The number of phenols is 1. The first-order valence-electron chi connectivity index (χ1n) is 6.36. The molecule has 7 heteroatoms. The van der Waals surface area contributed by atoms with E-state index < -0.39 is 17.9 Å². The topological polar surface area (TPSA) is 116 Å². The van der Waals surface area contributed by atoms with Crippen molar-refractivity contribution in [2.75, 3.05) is 5.32 Å². The molecular formula is C14H18N2O5. The van der Waals surface area contributed by atoms with E-state index in [2.05, 4.69) is 10.6 Å². The molecule has 0 heterocycles. The number of aromatic carboxylic acids is 1. The third-order valence-corrected chi connectivity index (χ3v) is 2.81. The predicted molar refractivity (Wildman–Crippen MR) is 76.1 cm³/mol. The standard InChI is InChI=1S/C14H18N2O5/c1-7(2)12(15-8(3)17)13(19)16-10-5-4-9(14(20)21)6-11(10)18/h4-7,12,18H,1-3H3,(H,15,17)(H,16,19)(H,20,21). The highest BCUT2D eigenvalue weighted by Crippen LogP contribution is 2.24. The van der Waals surface area contributed by atoms with Gasteiger partial charge in [0.15, 0.2) is 0 Å². The largest absolute Gasteiger partial charge is 0.506 e. The van der Waals surface area contributed by atoms with E-state index in [1.807, 2.05) is 0 Å². The van der Waals surface area contributed by atoms with Crippen LogP contribution in [0.1, 0.15) is 31.1 Å². The SMILES string of the molecule is CC(=O)NC(C(=O)Nc1ccc(C(=O)O)cc1O)C(C)C. The van der Waals surface area contributed by atoms with Gasteiger partial charge in [-0.25, -0.2) is 4.79 Å². The summed E-state index contributed by atoms with van der Waals surface area (Å²) in [5, 5.41) is 23.5. The van der Waals surface area contributed by atoms with Crippen molar-refractivity contribution in [1.82, 2.24) is 5.32 Å². The maximum Gasteiger partial charge on any atom is 0.335 e. The van der Waals surface area contributed by atoms with Crippen molar-refractivity contribution in [1.29, 1.82) is 0 Å². The van der Waals surface area contributed by atoms with Gasteiger partial charge in [-0.3, -0.25) is 9.59 Å². The summed E-state index contributed by atoms with van der Waals surface area (Å²) in [6.45, 7) is 4.85. The fourth-order valence-electron chi connectivity index (χ4n) is 1.73. The second kappa shape index (κ2) is 6.74. The summed E-state index contributed by atoms with van der Waals surface area (Å²) in [6, 6.07) is 2.85. The molecule has 0 aliphatic heterocycles. The van der Waals surface area contributed by atoms with Crippen LogP contribution in [0.4, 0.5) is 5.69 Å². The van der Waals surface area contributed by atoms with Crippen molar-refractivity contribution in [2.45, 2.75) is 26.8 Å². The average molecular weight is 294 g/mol. The monoisotopic (exact) mass is 294 g/mol. The van der Waals surface area contributed by atoms with Gasteiger partial charge in [-0.2, -0.15) is 0 Å². The van der Waals surface area contributed by atoms with Crippen molar-refractivity contribution < 1.29 is 24.6 Å². The van der Waals surface area contributed by atoms with Gasteiger partial charge in [0.05, 0.1) is 11.3 Å². The van der Waals surface area contributed by atoms with Gasteiger partial charge in [0, 0.05) is 6.92 Å². The third kappa shape index (κ3) is 4.48. The zero-order chi connectivity index (χ0) is 16.2. The zero-order valence-electron chi connectivity index (χ0n) is 12.0. The molecule has 0 fully saturated rings. The molecule has 0 aliphatic carbocycles. The van der Waals surface area contributed by atoms with Crippen molar-refractivity contribution in [3.05, 3.63) is 23.8 Å². The van der Waals surface area contributed by atoms with Crippen LogP contribution in [-0.4, -0.2) is 34.0 Å². The van der Waals surface area contributed by atoms with Crippen LogP contribution in [0.15, 0.2) is 18.2 Å². The summed E-state index contributed by atoms with van der Waals surface area (Å²) >= 11 is 0. The fourth-order valence-corrected chi connectivity index (χ4v) is 1.73. The van der Waals surface area contributed by atoms with Crippen molar-refractivity contribution in [2.24, 2.45) is 5.92 Å². The maximum atomic E-state index is 12.1. The normalized spacial score (nSPS) is 11.8. The Bertz CT molecular complexity index is 568. The molecule has 1 rings (SSSR count). The number of phenolic OH excluding ortho intramolecular Hbond substituents is 1. The predicted octanol–water partition coefficient (Wildman–Crippen LogP) is 1.19. The second-order valence-electron chi connectivity index (χ2n) is 4.95. The van der Waals surface area contributed by atoms with E-state index in [0.717, 1.165) is 6.07 Å². The van der Waals surface area contributed by atoms with E-state index in [9.17, 15) is 19.5 Å². The number of carboxylic acid groups (broad SMARTS) is 1. The molecule has 0 radical (unpaired) electrons. The minimum Gasteiger partial charge on any atom is -0.506 e. The molecule has 0 saturated carbocycles. The molecule has 0 spiro atoms. The molecule has 0 aliphatic rings. The summed E-state index contributed by atoms with van der Waals surface area (Å²) in [5.41, 5.74) is -0.00577. The van der Waals surface area contributed by atoms with Crippen LogP contribution in [-0.2, 0) is 9.59 Å². The molecule has 0 aromatic heterocycles. The Kier molecular flexibility index (Phi) is 5.29. The number of hydrogen-bond donors (Lipinski definition) is 4. The number of nitrogens with one attached hydrogen (secondary N) is 2. The maximum absolute atomic E-state index is 12.1. The lowest BCUT2D eigenvalue weighted by molar-refractivity contribution is -0.126. The zero-order valence-corrected chi connectivity index (χ0v) is 12.0. The second-order valence-corrected chi connectivity index (χ2v) is 4.95. The summed E-state index contributed by atoms with van der Waals surface area (Å²) < 4.78 is 0. The lowest BCUT2D eigenvalue weighted by atomic mass is 10.0. The van der Waals surface area contributed by atoms with Crippen molar-refractivity contribution in [3.8, 4) is 5.75 Å². The molecule has 1 unspecified atom stereocenters. The molecule has 1 aromatic rings. The van der Waals surface area contributed by atoms with Crippen LogP contribution in [0, 0.1) is 5.92 Å². The quantitative estimate of drug-likeness (QED) is 0.609. The van der Waals surface area contributed by atoms with Crippen LogP contribution in [0.3, 0.4) is 0 Å². The Labute approximate surface area is 122 Å². The molecule has 0 bridgehead atoms. The molecule has 4 N–H and O–H groups in total. The summed E-state index contributed by atoms with van der Waals surface area (Å²) in [4.78, 5) is 34.0. The average Bonchev–Trinajstić information content (AvgIpc) is 2.37. The number of carbonyl (C=O) groups excluding carboxylic acids is 2. The van der Waals surface area contributed by atoms with E-state index in [4.69, 9.17) is 5.11 Å². The lowest BCUT2D eigenvalue weighted by Crippen LogP contribution is -2.46. The molecule has 21 heavy (non-hydrogen) atoms. The van der Waals surface area contributed by atoms with Crippen LogP contribution >= 0.6 is 0 Å². The van der Waals surface area contributed by atoms with Crippen molar-refractivity contribution in [3.63, 3.8) is 0 Å². The molecule has 114 valence electrons. The van der Waals surface area contributed by atoms with Gasteiger partial charge in [-0.1, -0.05) is 13.8 Å². The summed E-state index contributed by atoms with van der Waals surface area (Å²) in [7, 11) is 0. The number of carboxylic acids is 1. The molecule has 0 saturated heterocycles. The first-order valence-corrected chi connectivity index (χ1v) is 6.36. The van der Waals surface area contributed by atoms with Crippen LogP contribution in [0.5, 0.6) is 5.75 Å². The molecule has 1 atom stereocenters. The van der Waals surface area contributed by atoms with Crippen LogP contribution < -0.4 is 10.6 Å². The van der Waals surface area contributed by atoms with Gasteiger partial charge < -0.3 is 20.8 Å². The van der Waals surface area contributed by atoms with Gasteiger partial charge in [0.2, 0.25) is 11.8 Å². The molecule has 1 aromatic carbocycles. The Morgan fingerprint density at radius 2 is 1.81 bits per heavy atom. The first-order chi connectivity index (χ1) is 9.72. The number of benzene rings is 1. The number of anilines is 1. The van der Waals surface area contributed by atoms with Crippen molar-refractivity contribution >= 4 is 23.5 Å².